The van der Waals surface area contributed by atoms with Crippen molar-refractivity contribution >= 4 is 15.7 Å². The summed E-state index contributed by atoms with van der Waals surface area (Å²) in [4.78, 5) is 6.19. The van der Waals surface area contributed by atoms with Crippen molar-refractivity contribution in [1.82, 2.24) is 4.98 Å². The molecule has 0 aromatic carbocycles. The average Bonchev–Trinajstić information content (AvgIpc) is 2.29. The predicted octanol–water partition coefficient (Wildman–Crippen LogP) is 0.370. The van der Waals surface area contributed by atoms with E-state index in [1.807, 2.05) is 17.0 Å². The van der Waals surface area contributed by atoms with Gasteiger partial charge in [-0.05, 0) is 18.6 Å². The number of hydrogen-bond donors (Lipinski definition) is 1. The Hall–Kier alpha value is -1.14. The van der Waals surface area contributed by atoms with Gasteiger partial charge in [0.1, 0.15) is 5.82 Å². The third kappa shape index (κ3) is 2.95. The normalized spacial score (nSPS) is 21.2. The molecule has 0 radical (unpaired) electrons. The van der Waals surface area contributed by atoms with E-state index in [9.17, 15) is 13.5 Å². The summed E-state index contributed by atoms with van der Waals surface area (Å²) >= 11 is 0. The minimum absolute atomic E-state index is 0.187. The Labute approximate surface area is 101 Å². The van der Waals surface area contributed by atoms with Crippen molar-refractivity contribution in [2.45, 2.75) is 13.0 Å². The molecule has 2 heterocycles. The molecule has 0 amide bonds. The van der Waals surface area contributed by atoms with Gasteiger partial charge >= 0.3 is 0 Å². The first-order valence-corrected chi connectivity index (χ1v) is 7.39. The van der Waals surface area contributed by atoms with Gasteiger partial charge in [0.25, 0.3) is 0 Å². The summed E-state index contributed by atoms with van der Waals surface area (Å²) in [6, 6.07) is 3.64. The van der Waals surface area contributed by atoms with Gasteiger partial charge < -0.3 is 10.0 Å². The van der Waals surface area contributed by atoms with Crippen LogP contribution in [0, 0.1) is 0 Å². The van der Waals surface area contributed by atoms with Gasteiger partial charge in [-0.25, -0.2) is 13.4 Å². The van der Waals surface area contributed by atoms with Crippen molar-refractivity contribution in [3.8, 4) is 0 Å². The molecule has 1 saturated heterocycles. The zero-order valence-corrected chi connectivity index (χ0v) is 10.5. The molecular formula is C11H16N2O3S. The highest BCUT2D eigenvalue weighted by atomic mass is 32.2. The van der Waals surface area contributed by atoms with Crippen LogP contribution < -0.4 is 4.90 Å². The molecule has 5 nitrogen and oxygen atoms in total. The maximum absolute atomic E-state index is 11.3. The van der Waals surface area contributed by atoms with Crippen molar-refractivity contribution in [1.29, 1.82) is 0 Å². The second-order valence-corrected chi connectivity index (χ2v) is 6.57. The van der Waals surface area contributed by atoms with Gasteiger partial charge in [-0.15, -0.1) is 0 Å². The van der Waals surface area contributed by atoms with Gasteiger partial charge in [-0.2, -0.15) is 0 Å². The van der Waals surface area contributed by atoms with Crippen LogP contribution in [-0.2, 0) is 9.84 Å². The summed E-state index contributed by atoms with van der Waals surface area (Å²) in [5.41, 5.74) is 0.762. The van der Waals surface area contributed by atoms with Crippen LogP contribution in [0.1, 0.15) is 18.6 Å². The van der Waals surface area contributed by atoms with E-state index < -0.39 is 15.9 Å². The lowest BCUT2D eigenvalue weighted by atomic mass is 10.2. The standard InChI is InChI=1S/C11H16N2O3S/c1-9(14)10-2-3-11(12-8-10)13-4-6-17(15,16)7-5-13/h2-3,8-9,14H,4-7H2,1H3/t9-/m0/s1. The Morgan fingerprint density at radius 1 is 1.35 bits per heavy atom. The fourth-order valence-electron chi connectivity index (χ4n) is 1.77. The molecule has 6 heteroatoms. The number of aliphatic hydroxyl groups excluding tert-OH is 1. The van der Waals surface area contributed by atoms with Crippen molar-refractivity contribution in [2.75, 3.05) is 29.5 Å². The molecule has 0 saturated carbocycles. The average molecular weight is 256 g/mol. The fraction of sp³-hybridized carbons (Fsp3) is 0.545. The van der Waals surface area contributed by atoms with Crippen molar-refractivity contribution in [2.24, 2.45) is 0 Å². The number of sulfone groups is 1. The van der Waals surface area contributed by atoms with Crippen molar-refractivity contribution < 1.29 is 13.5 Å². The molecule has 1 aromatic heterocycles. The molecule has 0 spiro atoms. The minimum atomic E-state index is -2.85. The number of hydrogen-bond acceptors (Lipinski definition) is 5. The quantitative estimate of drug-likeness (QED) is 0.828. The largest absolute Gasteiger partial charge is 0.389 e. The van der Waals surface area contributed by atoms with Gasteiger partial charge in [-0.3, -0.25) is 0 Å². The highest BCUT2D eigenvalue weighted by Crippen LogP contribution is 2.17. The van der Waals surface area contributed by atoms with Crippen LogP contribution in [0.5, 0.6) is 0 Å². The molecule has 2 rings (SSSR count). The lowest BCUT2D eigenvalue weighted by Gasteiger charge is -2.27. The van der Waals surface area contributed by atoms with Gasteiger partial charge in [0.05, 0.1) is 17.6 Å². The molecule has 94 valence electrons. The molecule has 0 unspecified atom stereocenters. The summed E-state index contributed by atoms with van der Waals surface area (Å²) in [6.07, 6.45) is 1.10. The van der Waals surface area contributed by atoms with E-state index in [0.29, 0.717) is 13.1 Å². The molecule has 0 aliphatic carbocycles. The van der Waals surface area contributed by atoms with E-state index in [-0.39, 0.29) is 11.5 Å². The van der Waals surface area contributed by atoms with Gasteiger partial charge in [0.15, 0.2) is 9.84 Å². The summed E-state index contributed by atoms with van der Waals surface area (Å²) in [7, 11) is -2.85. The number of aliphatic hydroxyl groups is 1. The Kier molecular flexibility index (Phi) is 3.35. The van der Waals surface area contributed by atoms with Gasteiger partial charge in [0, 0.05) is 19.3 Å². The zero-order valence-electron chi connectivity index (χ0n) is 9.70. The van der Waals surface area contributed by atoms with E-state index in [1.165, 1.54) is 0 Å². The third-order valence-corrected chi connectivity index (χ3v) is 4.53. The van der Waals surface area contributed by atoms with E-state index >= 15 is 0 Å². The minimum Gasteiger partial charge on any atom is -0.389 e. The fourth-order valence-corrected chi connectivity index (χ4v) is 2.97. The van der Waals surface area contributed by atoms with E-state index in [1.54, 1.807) is 13.1 Å². The summed E-state index contributed by atoms with van der Waals surface area (Å²) in [5.74, 6) is 1.14. The first-order valence-electron chi connectivity index (χ1n) is 5.57. The maximum atomic E-state index is 11.3. The van der Waals surface area contributed by atoms with Crippen molar-refractivity contribution in [3.05, 3.63) is 23.9 Å². The lowest BCUT2D eigenvalue weighted by molar-refractivity contribution is 0.199. The molecule has 1 fully saturated rings. The first-order chi connectivity index (χ1) is 7.98. The van der Waals surface area contributed by atoms with Crippen LogP contribution in [0.15, 0.2) is 18.3 Å². The second-order valence-electron chi connectivity index (χ2n) is 4.26. The van der Waals surface area contributed by atoms with E-state index in [4.69, 9.17) is 0 Å². The smallest absolute Gasteiger partial charge is 0.153 e. The van der Waals surface area contributed by atoms with Crippen LogP contribution in [-0.4, -0.2) is 43.1 Å². The van der Waals surface area contributed by atoms with Crippen LogP contribution in [0.3, 0.4) is 0 Å². The molecule has 1 N–H and O–H groups in total. The third-order valence-electron chi connectivity index (χ3n) is 2.92. The number of pyridine rings is 1. The topological polar surface area (TPSA) is 70.5 Å². The highest BCUT2D eigenvalue weighted by molar-refractivity contribution is 7.91. The summed E-state index contributed by atoms with van der Waals surface area (Å²) < 4.78 is 22.6. The first kappa shape index (κ1) is 12.3. The Bertz CT molecular complexity index is 468. The molecule has 1 aliphatic heterocycles. The van der Waals surface area contributed by atoms with E-state index in [2.05, 4.69) is 4.98 Å². The predicted molar refractivity (Wildman–Crippen MR) is 65.7 cm³/mol. The SMILES string of the molecule is C[C@H](O)c1ccc(N2CCS(=O)(=O)CC2)nc1. The monoisotopic (exact) mass is 256 g/mol. The molecule has 17 heavy (non-hydrogen) atoms. The Balaban J connectivity index is 2.09. The highest BCUT2D eigenvalue weighted by Gasteiger charge is 2.22. The van der Waals surface area contributed by atoms with Crippen LogP contribution >= 0.6 is 0 Å². The number of nitrogens with zero attached hydrogens (tertiary/aromatic N) is 2. The number of aromatic nitrogens is 1. The van der Waals surface area contributed by atoms with Crippen molar-refractivity contribution in [3.63, 3.8) is 0 Å². The summed E-state index contributed by atoms with van der Waals surface area (Å²) in [5, 5.41) is 9.36. The van der Waals surface area contributed by atoms with Crippen LogP contribution in [0.4, 0.5) is 5.82 Å². The van der Waals surface area contributed by atoms with Crippen LogP contribution in [0.2, 0.25) is 0 Å². The second kappa shape index (κ2) is 4.62. The molecule has 1 atom stereocenters. The van der Waals surface area contributed by atoms with Crippen LogP contribution in [0.25, 0.3) is 0 Å². The Morgan fingerprint density at radius 2 is 2.00 bits per heavy atom. The molecular weight excluding hydrogens is 240 g/mol. The van der Waals surface area contributed by atoms with E-state index in [0.717, 1.165) is 11.4 Å². The lowest BCUT2D eigenvalue weighted by Crippen LogP contribution is -2.40. The molecule has 0 bridgehead atoms. The summed E-state index contributed by atoms with van der Waals surface area (Å²) in [6.45, 7) is 2.66. The molecule has 1 aromatic rings. The molecule has 1 aliphatic rings. The van der Waals surface area contributed by atoms with Gasteiger partial charge in [0.2, 0.25) is 0 Å². The van der Waals surface area contributed by atoms with Gasteiger partial charge in [-0.1, -0.05) is 6.07 Å². The Morgan fingerprint density at radius 3 is 2.47 bits per heavy atom. The number of anilines is 1. The number of rotatable bonds is 2. The maximum Gasteiger partial charge on any atom is 0.153 e. The zero-order chi connectivity index (χ0) is 12.5.